The molecule has 3 rings (SSSR count). The fraction of sp³-hybridized carbons (Fsp3) is 0.625. The average molecular weight is 359 g/mol. The first-order chi connectivity index (χ1) is 10.8. The van der Waals surface area contributed by atoms with Crippen molar-refractivity contribution in [2.45, 2.75) is 50.3 Å². The largest absolute Gasteiger partial charge is 0.376 e. The van der Waals surface area contributed by atoms with Crippen molar-refractivity contribution in [2.75, 3.05) is 19.7 Å². The zero-order valence-corrected chi connectivity index (χ0v) is 15.2. The van der Waals surface area contributed by atoms with Crippen molar-refractivity contribution >= 4 is 21.6 Å². The number of halogens is 1. The molecule has 128 valence electrons. The molecule has 23 heavy (non-hydrogen) atoms. The Labute approximate surface area is 143 Å². The summed E-state index contributed by atoms with van der Waals surface area (Å²) in [6.45, 7) is 7.92. The summed E-state index contributed by atoms with van der Waals surface area (Å²) in [6, 6.07) is 3.59. The topological polar surface area (TPSA) is 58.6 Å². The molecule has 2 aliphatic heterocycles. The normalized spacial score (nSPS) is 28.8. The van der Waals surface area contributed by atoms with Crippen LogP contribution in [0.3, 0.4) is 0 Å². The molecule has 0 saturated carbocycles. The SMILES string of the molecule is Cc1cc(S(=O)(=O)N[C@H]2C[C@H]3CO[C@@H](C)CN3C2)c(C)cc1Cl. The van der Waals surface area contributed by atoms with Crippen LogP contribution in [0.2, 0.25) is 5.02 Å². The van der Waals surface area contributed by atoms with Crippen molar-refractivity contribution in [3.05, 3.63) is 28.3 Å². The molecule has 0 aromatic heterocycles. The zero-order chi connectivity index (χ0) is 16.8. The maximum atomic E-state index is 12.7. The number of sulfonamides is 1. The fourth-order valence-corrected chi connectivity index (χ4v) is 5.22. The van der Waals surface area contributed by atoms with E-state index in [-0.39, 0.29) is 12.1 Å². The second-order valence-electron chi connectivity index (χ2n) is 6.67. The van der Waals surface area contributed by atoms with Crippen LogP contribution in [-0.2, 0) is 14.8 Å². The molecular formula is C16H23ClN2O3S. The van der Waals surface area contributed by atoms with E-state index in [9.17, 15) is 8.42 Å². The summed E-state index contributed by atoms with van der Waals surface area (Å²) in [5.74, 6) is 0. The van der Waals surface area contributed by atoms with Gasteiger partial charge in [-0.3, -0.25) is 4.90 Å². The van der Waals surface area contributed by atoms with E-state index in [1.807, 2.05) is 13.8 Å². The van der Waals surface area contributed by atoms with Crippen LogP contribution in [0.4, 0.5) is 0 Å². The van der Waals surface area contributed by atoms with Gasteiger partial charge < -0.3 is 4.74 Å². The highest BCUT2D eigenvalue weighted by Crippen LogP contribution is 2.27. The average Bonchev–Trinajstić information content (AvgIpc) is 2.83. The lowest BCUT2D eigenvalue weighted by Crippen LogP contribution is -2.45. The predicted molar refractivity (Wildman–Crippen MR) is 90.4 cm³/mol. The third kappa shape index (κ3) is 3.56. The maximum absolute atomic E-state index is 12.7. The first kappa shape index (κ1) is 17.2. The van der Waals surface area contributed by atoms with Crippen LogP contribution in [0.1, 0.15) is 24.5 Å². The van der Waals surface area contributed by atoms with E-state index in [1.54, 1.807) is 19.1 Å². The standard InChI is InChI=1S/C16H23ClN2O3S/c1-10-5-16(11(2)4-15(10)17)23(20,21)18-13-6-14-9-22-12(3)7-19(14)8-13/h4-5,12-14,18H,6-9H2,1-3H3/t12-,13-,14-/m0/s1. The van der Waals surface area contributed by atoms with Gasteiger partial charge in [0.2, 0.25) is 10.0 Å². The predicted octanol–water partition coefficient (Wildman–Crippen LogP) is 2.10. The third-order valence-electron chi connectivity index (χ3n) is 4.66. The molecule has 3 atom stereocenters. The molecule has 0 spiro atoms. The Kier molecular flexibility index (Phi) is 4.73. The summed E-state index contributed by atoms with van der Waals surface area (Å²) in [5, 5.41) is 0.589. The van der Waals surface area contributed by atoms with Crippen molar-refractivity contribution in [3.63, 3.8) is 0 Å². The smallest absolute Gasteiger partial charge is 0.241 e. The van der Waals surface area contributed by atoms with Crippen molar-refractivity contribution in [1.82, 2.24) is 9.62 Å². The maximum Gasteiger partial charge on any atom is 0.241 e. The Morgan fingerprint density at radius 1 is 1.26 bits per heavy atom. The number of fused-ring (bicyclic) bond motifs is 1. The van der Waals surface area contributed by atoms with Gasteiger partial charge in [0.1, 0.15) is 0 Å². The number of aryl methyl sites for hydroxylation is 2. The minimum atomic E-state index is -3.55. The van der Waals surface area contributed by atoms with Crippen LogP contribution in [0.25, 0.3) is 0 Å². The van der Waals surface area contributed by atoms with E-state index < -0.39 is 10.0 Å². The quantitative estimate of drug-likeness (QED) is 0.899. The van der Waals surface area contributed by atoms with Gasteiger partial charge >= 0.3 is 0 Å². The Hall–Kier alpha value is -0.660. The van der Waals surface area contributed by atoms with Gasteiger partial charge in [0.15, 0.2) is 0 Å². The highest BCUT2D eigenvalue weighted by Gasteiger charge is 2.38. The Morgan fingerprint density at radius 3 is 2.74 bits per heavy atom. The zero-order valence-electron chi connectivity index (χ0n) is 13.7. The molecule has 7 heteroatoms. The Morgan fingerprint density at radius 2 is 2.00 bits per heavy atom. The summed E-state index contributed by atoms with van der Waals surface area (Å²) in [4.78, 5) is 2.63. The van der Waals surface area contributed by atoms with Gasteiger partial charge in [-0.15, -0.1) is 0 Å². The van der Waals surface area contributed by atoms with E-state index >= 15 is 0 Å². The van der Waals surface area contributed by atoms with Gasteiger partial charge in [0.25, 0.3) is 0 Å². The molecule has 0 bridgehead atoms. The first-order valence-corrected chi connectivity index (χ1v) is 9.77. The van der Waals surface area contributed by atoms with Crippen LogP contribution < -0.4 is 4.72 Å². The van der Waals surface area contributed by atoms with E-state index in [1.165, 1.54) is 0 Å². The Bertz CT molecular complexity index is 708. The number of ether oxygens (including phenoxy) is 1. The number of morpholine rings is 1. The third-order valence-corrected chi connectivity index (χ3v) is 6.73. The van der Waals surface area contributed by atoms with E-state index in [4.69, 9.17) is 16.3 Å². The molecule has 5 nitrogen and oxygen atoms in total. The highest BCUT2D eigenvalue weighted by atomic mass is 35.5. The van der Waals surface area contributed by atoms with Crippen molar-refractivity contribution < 1.29 is 13.2 Å². The molecule has 2 saturated heterocycles. The molecule has 0 unspecified atom stereocenters. The number of hydrogen-bond acceptors (Lipinski definition) is 4. The molecule has 0 aliphatic carbocycles. The van der Waals surface area contributed by atoms with Crippen LogP contribution in [-0.4, -0.2) is 51.2 Å². The van der Waals surface area contributed by atoms with Gasteiger partial charge in [-0.05, 0) is 50.5 Å². The Balaban J connectivity index is 1.76. The van der Waals surface area contributed by atoms with Crippen molar-refractivity contribution in [2.24, 2.45) is 0 Å². The number of nitrogens with zero attached hydrogens (tertiary/aromatic N) is 1. The summed E-state index contributed by atoms with van der Waals surface area (Å²) < 4.78 is 34.0. The summed E-state index contributed by atoms with van der Waals surface area (Å²) in [7, 11) is -3.55. The first-order valence-electron chi connectivity index (χ1n) is 7.91. The molecule has 2 fully saturated rings. The number of benzene rings is 1. The molecule has 1 N–H and O–H groups in total. The minimum absolute atomic E-state index is 0.0747. The van der Waals surface area contributed by atoms with Gasteiger partial charge in [-0.1, -0.05) is 11.6 Å². The van der Waals surface area contributed by atoms with Gasteiger partial charge in [-0.25, -0.2) is 13.1 Å². The lowest BCUT2D eigenvalue weighted by molar-refractivity contribution is -0.0390. The minimum Gasteiger partial charge on any atom is -0.376 e. The highest BCUT2D eigenvalue weighted by molar-refractivity contribution is 7.89. The molecule has 2 heterocycles. The second kappa shape index (κ2) is 6.33. The number of hydrogen-bond donors (Lipinski definition) is 1. The van der Waals surface area contributed by atoms with Crippen LogP contribution in [0.15, 0.2) is 17.0 Å². The second-order valence-corrected chi connectivity index (χ2v) is 8.76. The number of nitrogens with one attached hydrogen (secondary N) is 1. The van der Waals surface area contributed by atoms with Gasteiger partial charge in [0.05, 0.1) is 17.6 Å². The molecule has 0 radical (unpaired) electrons. The van der Waals surface area contributed by atoms with Gasteiger partial charge in [0, 0.05) is 30.2 Å². The molecule has 1 aromatic rings. The van der Waals surface area contributed by atoms with Crippen LogP contribution in [0, 0.1) is 13.8 Å². The lowest BCUT2D eigenvalue weighted by Gasteiger charge is -2.33. The van der Waals surface area contributed by atoms with Crippen molar-refractivity contribution in [3.8, 4) is 0 Å². The van der Waals surface area contributed by atoms with E-state index in [0.29, 0.717) is 28.1 Å². The number of rotatable bonds is 3. The molecule has 1 aromatic carbocycles. The van der Waals surface area contributed by atoms with Gasteiger partial charge in [-0.2, -0.15) is 0 Å². The summed E-state index contributed by atoms with van der Waals surface area (Å²) >= 11 is 6.07. The monoisotopic (exact) mass is 358 g/mol. The lowest BCUT2D eigenvalue weighted by atomic mass is 10.1. The summed E-state index contributed by atoms with van der Waals surface area (Å²) in [6.07, 6.45) is 1.00. The van der Waals surface area contributed by atoms with E-state index in [2.05, 4.69) is 9.62 Å². The molecule has 0 amide bonds. The van der Waals surface area contributed by atoms with Crippen molar-refractivity contribution in [1.29, 1.82) is 0 Å². The summed E-state index contributed by atoms with van der Waals surface area (Å²) in [5.41, 5.74) is 1.43. The van der Waals surface area contributed by atoms with Crippen LogP contribution >= 0.6 is 11.6 Å². The molecular weight excluding hydrogens is 336 g/mol. The van der Waals surface area contributed by atoms with Crippen LogP contribution in [0.5, 0.6) is 0 Å². The molecule has 2 aliphatic rings. The van der Waals surface area contributed by atoms with E-state index in [0.717, 1.165) is 25.1 Å². The fourth-order valence-electron chi connectivity index (χ4n) is 3.45.